The summed E-state index contributed by atoms with van der Waals surface area (Å²) in [5.41, 5.74) is 0. The van der Waals surface area contributed by atoms with Gasteiger partial charge in [-0.2, -0.15) is 70.5 Å². The SMILES string of the molecule is C[N-]C.C[N-]C.C[N-]C.C[N-]C.C[N-]C.[Ru+5]. The Morgan fingerprint density at radius 2 is 0.312 bits per heavy atom. The third-order valence-corrected chi connectivity index (χ3v) is 0. The summed E-state index contributed by atoms with van der Waals surface area (Å²) in [5.74, 6) is 0. The van der Waals surface area contributed by atoms with Gasteiger partial charge in [0.15, 0.2) is 0 Å². The fourth-order valence-electron chi connectivity index (χ4n) is 0. The Kier molecular flexibility index (Phi) is 245. The standard InChI is InChI=1S/5C2H6N.Ru/c5*1-3-2;/h5*1-2H3;/q5*-1;+5. The fraction of sp³-hybridized carbons (Fsp3) is 1.00. The maximum atomic E-state index is 3.50. The van der Waals surface area contributed by atoms with Crippen LogP contribution in [0.5, 0.6) is 0 Å². The normalized spacial score (nSPS) is 5.62. The largest absolute Gasteiger partial charge is 5.00 e. The smallest absolute Gasteiger partial charge is 0.668 e. The predicted molar refractivity (Wildman–Crippen MR) is 76.0 cm³/mol. The van der Waals surface area contributed by atoms with Crippen LogP contribution in [0.3, 0.4) is 0 Å². The van der Waals surface area contributed by atoms with Crippen molar-refractivity contribution in [3.05, 3.63) is 26.6 Å². The van der Waals surface area contributed by atoms with Crippen LogP contribution >= 0.6 is 0 Å². The molecule has 0 spiro atoms. The van der Waals surface area contributed by atoms with Crippen molar-refractivity contribution in [1.82, 2.24) is 0 Å². The molecule has 0 atom stereocenters. The Morgan fingerprint density at radius 1 is 0.312 bits per heavy atom. The zero-order chi connectivity index (χ0) is 13.5. The molecule has 6 heteroatoms. The van der Waals surface area contributed by atoms with E-state index in [9.17, 15) is 0 Å². The van der Waals surface area contributed by atoms with E-state index in [-0.39, 0.29) is 19.5 Å². The Labute approximate surface area is 117 Å². The van der Waals surface area contributed by atoms with Gasteiger partial charge < -0.3 is 26.6 Å². The third-order valence-electron chi connectivity index (χ3n) is 0. The zero-order valence-corrected chi connectivity index (χ0v) is 14.3. The van der Waals surface area contributed by atoms with Crippen LogP contribution in [0.2, 0.25) is 0 Å². The average Bonchev–Trinajstić information content (AvgIpc) is 2.09. The molecule has 0 aliphatic carbocycles. The molecule has 0 unspecified atom stereocenters. The molecule has 0 aliphatic rings. The molecule has 0 rings (SSSR count). The van der Waals surface area contributed by atoms with Gasteiger partial charge in [-0.05, 0) is 0 Å². The second kappa shape index (κ2) is 109. The van der Waals surface area contributed by atoms with E-state index in [1.54, 1.807) is 70.5 Å². The van der Waals surface area contributed by atoms with Gasteiger partial charge in [0, 0.05) is 0 Å². The molecule has 0 amide bonds. The molecule has 103 valence electrons. The Bertz CT molecular complexity index is 30.8. The van der Waals surface area contributed by atoms with Crippen LogP contribution in [0.15, 0.2) is 0 Å². The molecule has 0 fully saturated rings. The fourth-order valence-corrected chi connectivity index (χ4v) is 0. The molecule has 1 radical (unpaired) electrons. The van der Waals surface area contributed by atoms with Gasteiger partial charge >= 0.3 is 19.5 Å². The first-order chi connectivity index (χ1) is 7.07. The molecular weight excluding hydrogens is 291 g/mol. The summed E-state index contributed by atoms with van der Waals surface area (Å²) in [6.07, 6.45) is 0. The first-order valence-corrected chi connectivity index (χ1v) is 4.47. The average molecular weight is 321 g/mol. The topological polar surface area (TPSA) is 70.5 Å². The second-order valence-corrected chi connectivity index (χ2v) is 2.24. The van der Waals surface area contributed by atoms with Gasteiger partial charge in [-0.3, -0.25) is 0 Å². The van der Waals surface area contributed by atoms with Crippen molar-refractivity contribution in [2.24, 2.45) is 0 Å². The second-order valence-electron chi connectivity index (χ2n) is 2.24. The molecule has 0 saturated carbocycles. The van der Waals surface area contributed by atoms with Crippen LogP contribution in [0.1, 0.15) is 0 Å². The van der Waals surface area contributed by atoms with Crippen LogP contribution in [0.4, 0.5) is 0 Å². The van der Waals surface area contributed by atoms with Crippen LogP contribution in [0.25, 0.3) is 26.6 Å². The third kappa shape index (κ3) is 14500. The summed E-state index contributed by atoms with van der Waals surface area (Å²) in [5, 5.41) is 17.5. The van der Waals surface area contributed by atoms with Gasteiger partial charge in [-0.1, -0.05) is 0 Å². The van der Waals surface area contributed by atoms with E-state index in [0.29, 0.717) is 0 Å². The van der Waals surface area contributed by atoms with Crippen molar-refractivity contribution >= 4 is 0 Å². The molecule has 0 bridgehead atoms. The van der Waals surface area contributed by atoms with Crippen LogP contribution < -0.4 is 0 Å². The summed E-state index contributed by atoms with van der Waals surface area (Å²) in [6, 6.07) is 0. The van der Waals surface area contributed by atoms with Gasteiger partial charge in [-0.25, -0.2) is 0 Å². The minimum atomic E-state index is 0. The van der Waals surface area contributed by atoms with Crippen molar-refractivity contribution in [1.29, 1.82) is 0 Å². The van der Waals surface area contributed by atoms with Gasteiger partial charge in [0.1, 0.15) is 0 Å². The quantitative estimate of drug-likeness (QED) is 0.615. The minimum absolute atomic E-state index is 0. The van der Waals surface area contributed by atoms with Crippen LogP contribution in [-0.4, -0.2) is 70.5 Å². The maximum absolute atomic E-state index is 3.50. The summed E-state index contributed by atoms with van der Waals surface area (Å²) in [4.78, 5) is 0. The summed E-state index contributed by atoms with van der Waals surface area (Å²) < 4.78 is 0. The van der Waals surface area contributed by atoms with Crippen LogP contribution in [0, 0.1) is 0 Å². The molecule has 0 saturated heterocycles. The summed E-state index contributed by atoms with van der Waals surface area (Å²) >= 11 is 0. The van der Waals surface area contributed by atoms with E-state index in [4.69, 9.17) is 0 Å². The first kappa shape index (κ1) is 36.0. The van der Waals surface area contributed by atoms with E-state index < -0.39 is 0 Å². The van der Waals surface area contributed by atoms with Gasteiger partial charge in [0.25, 0.3) is 0 Å². The molecule has 0 aromatic carbocycles. The number of hydrogen-bond acceptors (Lipinski definition) is 0. The zero-order valence-electron chi connectivity index (χ0n) is 12.6. The predicted octanol–water partition coefficient (Wildman–Crippen LogP) is 3.10. The molecule has 0 aromatic heterocycles. The Morgan fingerprint density at radius 3 is 0.312 bits per heavy atom. The Hall–Kier alpha value is 0.423. The number of hydrogen-bond donors (Lipinski definition) is 0. The van der Waals surface area contributed by atoms with Crippen LogP contribution in [-0.2, 0) is 19.5 Å². The minimum Gasteiger partial charge on any atom is -0.668 e. The molecular formula is C10H30N5Ru. The summed E-state index contributed by atoms with van der Waals surface area (Å²) in [6.45, 7) is 0. The molecule has 0 N–H and O–H groups in total. The molecule has 0 aliphatic heterocycles. The number of rotatable bonds is 0. The van der Waals surface area contributed by atoms with Gasteiger partial charge in [0.05, 0.1) is 0 Å². The van der Waals surface area contributed by atoms with E-state index >= 15 is 0 Å². The summed E-state index contributed by atoms with van der Waals surface area (Å²) in [7, 11) is 17.5. The molecule has 0 heterocycles. The number of nitrogens with zero attached hydrogens (tertiary/aromatic N) is 5. The van der Waals surface area contributed by atoms with Crippen molar-refractivity contribution in [2.45, 2.75) is 0 Å². The Balaban J connectivity index is -0.0000000192. The van der Waals surface area contributed by atoms with E-state index in [0.717, 1.165) is 0 Å². The maximum Gasteiger partial charge on any atom is 5.00 e. The van der Waals surface area contributed by atoms with Crippen molar-refractivity contribution in [3.8, 4) is 0 Å². The van der Waals surface area contributed by atoms with Gasteiger partial charge in [-0.15, -0.1) is 0 Å². The first-order valence-electron chi connectivity index (χ1n) is 4.47. The van der Waals surface area contributed by atoms with Crippen molar-refractivity contribution in [2.75, 3.05) is 70.5 Å². The molecule has 0 aromatic rings. The van der Waals surface area contributed by atoms with E-state index in [2.05, 4.69) is 26.6 Å². The molecule has 5 nitrogen and oxygen atoms in total. The van der Waals surface area contributed by atoms with Gasteiger partial charge in [0.2, 0.25) is 0 Å². The van der Waals surface area contributed by atoms with Crippen molar-refractivity contribution < 1.29 is 19.5 Å². The van der Waals surface area contributed by atoms with E-state index in [1.807, 2.05) is 0 Å². The monoisotopic (exact) mass is 322 g/mol. The van der Waals surface area contributed by atoms with Crippen molar-refractivity contribution in [3.63, 3.8) is 0 Å². The molecule has 16 heavy (non-hydrogen) atoms. The van der Waals surface area contributed by atoms with E-state index in [1.165, 1.54) is 0 Å².